The van der Waals surface area contributed by atoms with E-state index >= 15 is 0 Å². The monoisotopic (exact) mass is 311 g/mol. The SMILES string of the molecule is Cc1ccsc1C(CN)Oc1cccc(S(C)(=O)=O)c1. The summed E-state index contributed by atoms with van der Waals surface area (Å²) >= 11 is 1.59. The van der Waals surface area contributed by atoms with Gasteiger partial charge in [0.15, 0.2) is 9.84 Å². The smallest absolute Gasteiger partial charge is 0.175 e. The molecule has 1 aromatic carbocycles. The minimum absolute atomic E-state index is 0.244. The zero-order valence-electron chi connectivity index (χ0n) is 11.4. The summed E-state index contributed by atoms with van der Waals surface area (Å²) in [4.78, 5) is 1.31. The molecule has 0 spiro atoms. The number of nitrogens with two attached hydrogens (primary N) is 1. The van der Waals surface area contributed by atoms with Crippen molar-refractivity contribution < 1.29 is 13.2 Å². The first kappa shape index (κ1) is 15.0. The average molecular weight is 311 g/mol. The fourth-order valence-electron chi connectivity index (χ4n) is 1.87. The van der Waals surface area contributed by atoms with Crippen molar-refractivity contribution in [3.8, 4) is 5.75 Å². The molecule has 20 heavy (non-hydrogen) atoms. The van der Waals surface area contributed by atoms with E-state index in [1.807, 2.05) is 18.4 Å². The van der Waals surface area contributed by atoms with Gasteiger partial charge in [-0.2, -0.15) is 0 Å². The highest BCUT2D eigenvalue weighted by atomic mass is 32.2. The second-order valence-corrected chi connectivity index (χ2v) is 7.52. The van der Waals surface area contributed by atoms with Crippen LogP contribution in [0.15, 0.2) is 40.6 Å². The number of sulfone groups is 1. The first-order valence-corrected chi connectivity index (χ1v) is 8.89. The van der Waals surface area contributed by atoms with E-state index in [1.165, 1.54) is 12.3 Å². The quantitative estimate of drug-likeness (QED) is 0.921. The van der Waals surface area contributed by atoms with Gasteiger partial charge in [0.2, 0.25) is 0 Å². The van der Waals surface area contributed by atoms with Crippen LogP contribution >= 0.6 is 11.3 Å². The number of thiophene rings is 1. The predicted molar refractivity (Wildman–Crippen MR) is 81.0 cm³/mol. The Bertz CT molecular complexity index is 692. The molecule has 0 radical (unpaired) electrons. The number of ether oxygens (including phenoxy) is 1. The second-order valence-electron chi connectivity index (χ2n) is 4.56. The lowest BCUT2D eigenvalue weighted by Crippen LogP contribution is -2.18. The van der Waals surface area contributed by atoms with Gasteiger partial charge in [-0.25, -0.2) is 8.42 Å². The molecule has 0 aliphatic carbocycles. The molecule has 1 aromatic heterocycles. The summed E-state index contributed by atoms with van der Waals surface area (Å²) in [5.41, 5.74) is 6.90. The summed E-state index contributed by atoms with van der Waals surface area (Å²) < 4.78 is 28.9. The van der Waals surface area contributed by atoms with Crippen molar-refractivity contribution in [2.75, 3.05) is 12.8 Å². The maximum absolute atomic E-state index is 11.5. The highest BCUT2D eigenvalue weighted by molar-refractivity contribution is 7.90. The van der Waals surface area contributed by atoms with E-state index in [-0.39, 0.29) is 11.0 Å². The molecule has 0 saturated heterocycles. The molecule has 2 rings (SSSR count). The maximum Gasteiger partial charge on any atom is 0.175 e. The van der Waals surface area contributed by atoms with Crippen LogP contribution in [-0.4, -0.2) is 21.2 Å². The molecule has 2 aromatic rings. The van der Waals surface area contributed by atoms with E-state index in [1.54, 1.807) is 29.5 Å². The molecule has 108 valence electrons. The molecule has 1 unspecified atom stereocenters. The lowest BCUT2D eigenvalue weighted by Gasteiger charge is -2.17. The van der Waals surface area contributed by atoms with Crippen LogP contribution in [0.4, 0.5) is 0 Å². The minimum Gasteiger partial charge on any atom is -0.484 e. The molecule has 4 nitrogen and oxygen atoms in total. The second kappa shape index (κ2) is 5.95. The number of aryl methyl sites for hydroxylation is 1. The van der Waals surface area contributed by atoms with E-state index in [2.05, 4.69) is 0 Å². The summed E-state index contributed by atoms with van der Waals surface area (Å²) in [6, 6.07) is 8.50. The first-order valence-electron chi connectivity index (χ1n) is 6.12. The Morgan fingerprint density at radius 3 is 2.65 bits per heavy atom. The Labute approximate surface area is 123 Å². The van der Waals surface area contributed by atoms with Crippen LogP contribution in [0.3, 0.4) is 0 Å². The molecular formula is C14H17NO3S2. The van der Waals surface area contributed by atoms with Gasteiger partial charge in [-0.1, -0.05) is 6.07 Å². The van der Waals surface area contributed by atoms with Gasteiger partial charge in [0.1, 0.15) is 11.9 Å². The molecular weight excluding hydrogens is 294 g/mol. The molecule has 0 fully saturated rings. The first-order chi connectivity index (χ1) is 9.41. The normalized spacial score (nSPS) is 13.2. The van der Waals surface area contributed by atoms with Gasteiger partial charge in [0.25, 0.3) is 0 Å². The van der Waals surface area contributed by atoms with Gasteiger partial charge in [-0.15, -0.1) is 11.3 Å². The van der Waals surface area contributed by atoms with Crippen molar-refractivity contribution in [3.05, 3.63) is 46.2 Å². The molecule has 2 N–H and O–H groups in total. The molecule has 0 aliphatic rings. The summed E-state index contributed by atoms with van der Waals surface area (Å²) in [6.07, 6.45) is 0.917. The maximum atomic E-state index is 11.5. The summed E-state index contributed by atoms with van der Waals surface area (Å²) in [6.45, 7) is 2.34. The summed E-state index contributed by atoms with van der Waals surface area (Å²) in [5, 5.41) is 1.99. The van der Waals surface area contributed by atoms with Gasteiger partial charge < -0.3 is 10.5 Å². The van der Waals surface area contributed by atoms with Crippen LogP contribution in [-0.2, 0) is 9.84 Å². The van der Waals surface area contributed by atoms with E-state index in [4.69, 9.17) is 10.5 Å². The lowest BCUT2D eigenvalue weighted by molar-refractivity contribution is 0.217. The van der Waals surface area contributed by atoms with E-state index in [9.17, 15) is 8.42 Å². The topological polar surface area (TPSA) is 69.4 Å². The fourth-order valence-corrected chi connectivity index (χ4v) is 3.49. The van der Waals surface area contributed by atoms with Crippen molar-refractivity contribution in [3.63, 3.8) is 0 Å². The van der Waals surface area contributed by atoms with Crippen molar-refractivity contribution in [2.45, 2.75) is 17.9 Å². The molecule has 0 bridgehead atoms. The number of hydrogen-bond donors (Lipinski definition) is 1. The zero-order chi connectivity index (χ0) is 14.8. The van der Waals surface area contributed by atoms with E-state index in [0.29, 0.717) is 12.3 Å². The molecule has 0 saturated carbocycles. The third kappa shape index (κ3) is 3.39. The van der Waals surface area contributed by atoms with Crippen LogP contribution < -0.4 is 10.5 Å². The molecule has 0 amide bonds. The van der Waals surface area contributed by atoms with Crippen LogP contribution in [0.25, 0.3) is 0 Å². The number of hydrogen-bond acceptors (Lipinski definition) is 5. The number of rotatable bonds is 5. The highest BCUT2D eigenvalue weighted by Crippen LogP contribution is 2.28. The van der Waals surface area contributed by atoms with Gasteiger partial charge in [-0.05, 0) is 42.1 Å². The standard InChI is InChI=1S/C14H17NO3S2/c1-10-6-7-19-14(10)13(9-15)18-11-4-3-5-12(8-11)20(2,16)17/h3-8,13H,9,15H2,1-2H3. The Morgan fingerprint density at radius 2 is 2.10 bits per heavy atom. The minimum atomic E-state index is -3.24. The third-order valence-electron chi connectivity index (χ3n) is 2.92. The van der Waals surface area contributed by atoms with Crippen molar-refractivity contribution >= 4 is 21.2 Å². The molecule has 0 aliphatic heterocycles. The predicted octanol–water partition coefficient (Wildman–Crippen LogP) is 2.54. The van der Waals surface area contributed by atoms with Crippen molar-refractivity contribution in [1.82, 2.24) is 0 Å². The van der Waals surface area contributed by atoms with Crippen LogP contribution in [0.5, 0.6) is 5.75 Å². The van der Waals surface area contributed by atoms with Gasteiger partial charge in [-0.3, -0.25) is 0 Å². The largest absolute Gasteiger partial charge is 0.484 e. The Kier molecular flexibility index (Phi) is 4.47. The highest BCUT2D eigenvalue weighted by Gasteiger charge is 2.16. The van der Waals surface area contributed by atoms with E-state index in [0.717, 1.165) is 10.4 Å². The Balaban J connectivity index is 2.27. The molecule has 1 atom stereocenters. The van der Waals surface area contributed by atoms with Gasteiger partial charge in [0.05, 0.1) is 4.90 Å². The zero-order valence-corrected chi connectivity index (χ0v) is 13.0. The Morgan fingerprint density at radius 1 is 1.35 bits per heavy atom. The van der Waals surface area contributed by atoms with Crippen molar-refractivity contribution in [1.29, 1.82) is 0 Å². The van der Waals surface area contributed by atoms with Gasteiger partial charge in [0, 0.05) is 17.7 Å². The third-order valence-corrected chi connectivity index (χ3v) is 5.14. The molecule has 6 heteroatoms. The lowest BCUT2D eigenvalue weighted by atomic mass is 10.2. The fraction of sp³-hybridized carbons (Fsp3) is 0.286. The number of benzene rings is 1. The summed E-state index contributed by atoms with van der Waals surface area (Å²) in [5.74, 6) is 0.510. The van der Waals surface area contributed by atoms with Crippen LogP contribution in [0.2, 0.25) is 0 Å². The van der Waals surface area contributed by atoms with Gasteiger partial charge >= 0.3 is 0 Å². The Hall–Kier alpha value is -1.37. The van der Waals surface area contributed by atoms with Crippen molar-refractivity contribution in [2.24, 2.45) is 5.73 Å². The summed E-state index contributed by atoms with van der Waals surface area (Å²) in [7, 11) is -3.24. The average Bonchev–Trinajstić information content (AvgIpc) is 2.81. The van der Waals surface area contributed by atoms with Crippen LogP contribution in [0.1, 0.15) is 16.5 Å². The van der Waals surface area contributed by atoms with Crippen LogP contribution in [0, 0.1) is 6.92 Å². The molecule has 1 heterocycles. The van der Waals surface area contributed by atoms with E-state index < -0.39 is 9.84 Å².